The van der Waals surface area contributed by atoms with Crippen LogP contribution in [0, 0.1) is 6.92 Å². The van der Waals surface area contributed by atoms with Gasteiger partial charge in [0.05, 0.1) is 16.1 Å². The van der Waals surface area contributed by atoms with Crippen molar-refractivity contribution < 1.29 is 0 Å². The predicted molar refractivity (Wildman–Crippen MR) is 48.8 cm³/mol. The first-order valence-electron chi connectivity index (χ1n) is 3.39. The lowest BCUT2D eigenvalue weighted by atomic mass is 10.2. The lowest BCUT2D eigenvalue weighted by molar-refractivity contribution is 1.37. The molecule has 0 unspecified atom stereocenters. The molecule has 0 bridgehead atoms. The standard InChI is InChI=1S/C8H8N2S/c1-5-6-3-2-4-7(9)8(6)11-10-5/h2-4H,9H2,1H3. The molecule has 0 fully saturated rings. The summed E-state index contributed by atoms with van der Waals surface area (Å²) >= 11 is 1.47. The normalized spacial score (nSPS) is 10.6. The maximum absolute atomic E-state index is 5.74. The van der Waals surface area contributed by atoms with Gasteiger partial charge in [0.25, 0.3) is 0 Å². The van der Waals surface area contributed by atoms with Crippen molar-refractivity contribution >= 4 is 27.3 Å². The number of aryl methyl sites for hydroxylation is 1. The highest BCUT2D eigenvalue weighted by Crippen LogP contribution is 2.26. The summed E-state index contributed by atoms with van der Waals surface area (Å²) in [6.07, 6.45) is 0. The number of fused-ring (bicyclic) bond motifs is 1. The maximum atomic E-state index is 5.74. The van der Waals surface area contributed by atoms with E-state index < -0.39 is 0 Å². The van der Waals surface area contributed by atoms with E-state index in [9.17, 15) is 0 Å². The average molecular weight is 164 g/mol. The minimum atomic E-state index is 0.827. The molecule has 0 spiro atoms. The smallest absolute Gasteiger partial charge is 0.0782 e. The summed E-state index contributed by atoms with van der Waals surface area (Å²) in [5, 5.41) is 1.18. The summed E-state index contributed by atoms with van der Waals surface area (Å²) in [7, 11) is 0. The van der Waals surface area contributed by atoms with Gasteiger partial charge in [-0.15, -0.1) is 0 Å². The van der Waals surface area contributed by atoms with E-state index in [0.717, 1.165) is 16.1 Å². The molecule has 0 radical (unpaired) electrons. The molecule has 0 atom stereocenters. The molecule has 3 heteroatoms. The Morgan fingerprint density at radius 2 is 2.27 bits per heavy atom. The quantitative estimate of drug-likeness (QED) is 0.606. The van der Waals surface area contributed by atoms with Gasteiger partial charge in [0.2, 0.25) is 0 Å². The maximum Gasteiger partial charge on any atom is 0.0782 e. The summed E-state index contributed by atoms with van der Waals surface area (Å²) in [5.74, 6) is 0. The van der Waals surface area contributed by atoms with Crippen molar-refractivity contribution in [2.75, 3.05) is 5.73 Å². The number of nitrogens with two attached hydrogens (primary N) is 1. The molecule has 11 heavy (non-hydrogen) atoms. The van der Waals surface area contributed by atoms with Gasteiger partial charge in [-0.25, -0.2) is 0 Å². The zero-order valence-corrected chi connectivity index (χ0v) is 6.98. The van der Waals surface area contributed by atoms with E-state index in [-0.39, 0.29) is 0 Å². The molecule has 0 saturated heterocycles. The van der Waals surface area contributed by atoms with Crippen LogP contribution in [0.25, 0.3) is 10.1 Å². The van der Waals surface area contributed by atoms with Crippen LogP contribution >= 0.6 is 11.5 Å². The first kappa shape index (κ1) is 6.61. The second-order valence-corrected chi connectivity index (χ2v) is 3.27. The van der Waals surface area contributed by atoms with Crippen LogP contribution in [0.1, 0.15) is 5.69 Å². The molecule has 0 aliphatic rings. The summed E-state index contributed by atoms with van der Waals surface area (Å²) in [5.41, 5.74) is 7.63. The molecule has 1 heterocycles. The van der Waals surface area contributed by atoms with Crippen LogP contribution < -0.4 is 5.73 Å². The highest BCUT2D eigenvalue weighted by Gasteiger charge is 2.02. The first-order valence-corrected chi connectivity index (χ1v) is 4.17. The van der Waals surface area contributed by atoms with E-state index in [4.69, 9.17) is 5.73 Å². The predicted octanol–water partition coefficient (Wildman–Crippen LogP) is 2.19. The Labute approximate surface area is 68.8 Å². The van der Waals surface area contributed by atoms with Crippen LogP contribution in [0.4, 0.5) is 5.69 Å². The highest BCUT2D eigenvalue weighted by atomic mass is 32.1. The summed E-state index contributed by atoms with van der Waals surface area (Å²) < 4.78 is 5.32. The molecule has 1 aromatic heterocycles. The molecule has 2 rings (SSSR count). The minimum Gasteiger partial charge on any atom is -0.398 e. The molecule has 56 valence electrons. The third-order valence-corrected chi connectivity index (χ3v) is 2.71. The van der Waals surface area contributed by atoms with E-state index >= 15 is 0 Å². The first-order chi connectivity index (χ1) is 5.29. The summed E-state index contributed by atoms with van der Waals surface area (Å²) in [6, 6.07) is 5.91. The third-order valence-electron chi connectivity index (χ3n) is 1.71. The van der Waals surface area contributed by atoms with Gasteiger partial charge < -0.3 is 5.73 Å². The number of nitrogens with zero attached hydrogens (tertiary/aromatic N) is 1. The lowest BCUT2D eigenvalue weighted by Gasteiger charge is -1.92. The molecule has 2 aromatic rings. The fourth-order valence-corrected chi connectivity index (χ4v) is 1.92. The van der Waals surface area contributed by atoms with Crippen molar-refractivity contribution in [3.63, 3.8) is 0 Å². The monoisotopic (exact) mass is 164 g/mol. The summed E-state index contributed by atoms with van der Waals surface area (Å²) in [4.78, 5) is 0. The van der Waals surface area contributed by atoms with Crippen molar-refractivity contribution in [1.82, 2.24) is 4.37 Å². The topological polar surface area (TPSA) is 38.9 Å². The van der Waals surface area contributed by atoms with Gasteiger partial charge in [0, 0.05) is 5.39 Å². The van der Waals surface area contributed by atoms with Crippen molar-refractivity contribution in [2.45, 2.75) is 6.92 Å². The number of rotatable bonds is 0. The molecule has 0 aliphatic carbocycles. The fourth-order valence-electron chi connectivity index (χ4n) is 1.10. The van der Waals surface area contributed by atoms with Crippen LogP contribution in [0.3, 0.4) is 0 Å². The number of hydrogen-bond donors (Lipinski definition) is 1. The Morgan fingerprint density at radius 3 is 3.00 bits per heavy atom. The Kier molecular flexibility index (Phi) is 1.32. The van der Waals surface area contributed by atoms with Crippen molar-refractivity contribution in [3.8, 4) is 0 Å². The third kappa shape index (κ3) is 0.886. The second kappa shape index (κ2) is 2.20. The molecule has 0 amide bonds. The molecule has 2 N–H and O–H groups in total. The molecule has 2 nitrogen and oxygen atoms in total. The number of anilines is 1. The van der Waals surface area contributed by atoms with E-state index in [0.29, 0.717) is 0 Å². The van der Waals surface area contributed by atoms with Crippen LogP contribution in [0.15, 0.2) is 18.2 Å². The van der Waals surface area contributed by atoms with Gasteiger partial charge in [0.15, 0.2) is 0 Å². The Bertz CT molecular complexity index is 392. The van der Waals surface area contributed by atoms with Crippen molar-refractivity contribution in [3.05, 3.63) is 23.9 Å². The van der Waals surface area contributed by atoms with Gasteiger partial charge in [0.1, 0.15) is 0 Å². The largest absolute Gasteiger partial charge is 0.398 e. The number of nitrogen functional groups attached to an aromatic ring is 1. The van der Waals surface area contributed by atoms with Crippen molar-refractivity contribution in [1.29, 1.82) is 0 Å². The zero-order valence-electron chi connectivity index (χ0n) is 6.16. The lowest BCUT2D eigenvalue weighted by Crippen LogP contribution is -1.82. The van der Waals surface area contributed by atoms with Crippen LogP contribution in [-0.2, 0) is 0 Å². The van der Waals surface area contributed by atoms with Gasteiger partial charge >= 0.3 is 0 Å². The van der Waals surface area contributed by atoms with Gasteiger partial charge in [-0.05, 0) is 24.5 Å². The van der Waals surface area contributed by atoms with Gasteiger partial charge in [-0.2, -0.15) is 4.37 Å². The van der Waals surface area contributed by atoms with E-state index in [1.54, 1.807) is 0 Å². The SMILES string of the molecule is Cc1nsc2c(N)cccc12. The number of aromatic nitrogens is 1. The van der Waals surface area contributed by atoms with E-state index in [1.807, 2.05) is 25.1 Å². The zero-order chi connectivity index (χ0) is 7.84. The summed E-state index contributed by atoms with van der Waals surface area (Å²) in [6.45, 7) is 2.00. The Balaban J connectivity index is 2.94. The molecular formula is C8H8N2S. The molecule has 0 saturated carbocycles. The Hall–Kier alpha value is -1.09. The number of hydrogen-bond acceptors (Lipinski definition) is 3. The molecular weight excluding hydrogens is 156 g/mol. The highest BCUT2D eigenvalue weighted by molar-refractivity contribution is 7.14. The Morgan fingerprint density at radius 1 is 1.45 bits per heavy atom. The minimum absolute atomic E-state index is 0.827. The molecule has 1 aromatic carbocycles. The fraction of sp³-hybridized carbons (Fsp3) is 0.125. The average Bonchev–Trinajstić information content (AvgIpc) is 2.35. The van der Waals surface area contributed by atoms with Crippen LogP contribution in [-0.4, -0.2) is 4.37 Å². The van der Waals surface area contributed by atoms with E-state index in [1.165, 1.54) is 16.9 Å². The molecule has 0 aliphatic heterocycles. The van der Waals surface area contributed by atoms with E-state index in [2.05, 4.69) is 4.37 Å². The second-order valence-electron chi connectivity index (χ2n) is 2.49. The van der Waals surface area contributed by atoms with Gasteiger partial charge in [-0.1, -0.05) is 12.1 Å². The van der Waals surface area contributed by atoms with Crippen LogP contribution in [0.5, 0.6) is 0 Å². The number of benzene rings is 1. The van der Waals surface area contributed by atoms with Gasteiger partial charge in [-0.3, -0.25) is 0 Å². The van der Waals surface area contributed by atoms with Crippen molar-refractivity contribution in [2.24, 2.45) is 0 Å². The van der Waals surface area contributed by atoms with Crippen LogP contribution in [0.2, 0.25) is 0 Å².